The van der Waals surface area contributed by atoms with E-state index in [9.17, 15) is 5.41 Å². The highest BCUT2D eigenvalue weighted by Gasteiger charge is 2.48. The van der Waals surface area contributed by atoms with Crippen molar-refractivity contribution in [1.82, 2.24) is 14.6 Å². The lowest BCUT2D eigenvalue weighted by Gasteiger charge is -2.12. The molecule has 4 nitrogen and oxygen atoms in total. The van der Waals surface area contributed by atoms with Crippen molar-refractivity contribution >= 4 is 27.6 Å². The molecule has 8 rings (SSSR count). The quantitative estimate of drug-likeness (QED) is 0.126. The molecule has 4 heteroatoms. The number of hydrogen-bond donors (Lipinski definition) is 1. The van der Waals surface area contributed by atoms with Gasteiger partial charge in [0.2, 0.25) is 0 Å². The molecule has 0 radical (unpaired) electrons. The van der Waals surface area contributed by atoms with Gasteiger partial charge in [-0.2, -0.15) is 5.01 Å². The first kappa shape index (κ1) is 25.3. The summed E-state index contributed by atoms with van der Waals surface area (Å²) in [5, 5.41) is 16.2. The number of hydrogen-bond acceptors (Lipinski definition) is 2. The number of para-hydroxylation sites is 2. The van der Waals surface area contributed by atoms with Crippen molar-refractivity contribution in [3.8, 4) is 16.8 Å². The normalized spacial score (nSPS) is 16.0. The molecule has 1 unspecified atom stereocenters. The van der Waals surface area contributed by atoms with Gasteiger partial charge in [0.05, 0.1) is 11.0 Å². The van der Waals surface area contributed by atoms with Crippen molar-refractivity contribution in [2.24, 2.45) is 0 Å². The molecule has 1 N–H and O–H groups in total. The van der Waals surface area contributed by atoms with E-state index in [-0.39, 0.29) is 6.17 Å². The maximum absolute atomic E-state index is 9.30. The van der Waals surface area contributed by atoms with Gasteiger partial charge >= 0.3 is 0 Å². The molecule has 1 aromatic heterocycles. The lowest BCUT2D eigenvalue weighted by Crippen LogP contribution is -2.16. The largest absolute Gasteiger partial charge is 0.309 e. The molecule has 2 heterocycles. The number of hydrazine groups is 1. The molecule has 6 aromatic carbocycles. The van der Waals surface area contributed by atoms with Crippen molar-refractivity contribution in [3.63, 3.8) is 0 Å². The average molecular weight is 555 g/mol. The van der Waals surface area contributed by atoms with Gasteiger partial charge in [0, 0.05) is 28.6 Å². The van der Waals surface area contributed by atoms with E-state index in [2.05, 4.69) is 148 Å². The summed E-state index contributed by atoms with van der Waals surface area (Å²) in [6, 6.07) is 55.3. The zero-order valence-corrected chi connectivity index (χ0v) is 23.6. The van der Waals surface area contributed by atoms with E-state index in [1.54, 1.807) is 0 Å². The van der Waals surface area contributed by atoms with Crippen LogP contribution >= 0.6 is 0 Å². The van der Waals surface area contributed by atoms with E-state index in [1.807, 2.05) is 24.3 Å². The average Bonchev–Trinajstić information content (AvgIpc) is 3.68. The lowest BCUT2D eigenvalue weighted by molar-refractivity contribution is 0.391. The van der Waals surface area contributed by atoms with Crippen LogP contribution in [0.4, 0.5) is 0 Å². The summed E-state index contributed by atoms with van der Waals surface area (Å²) < 4.78 is 2.36. The van der Waals surface area contributed by atoms with Gasteiger partial charge in [0.1, 0.15) is 12.0 Å². The van der Waals surface area contributed by atoms with Gasteiger partial charge in [-0.25, -0.2) is 0 Å². The van der Waals surface area contributed by atoms with Crippen molar-refractivity contribution in [3.05, 3.63) is 174 Å². The van der Waals surface area contributed by atoms with Crippen molar-refractivity contribution in [2.45, 2.75) is 12.7 Å². The Balaban J connectivity index is 1.14. The predicted octanol–water partition coefficient (Wildman–Crippen LogP) is 9.21. The highest BCUT2D eigenvalue weighted by atomic mass is 15.9. The Hall–Kier alpha value is -5.45. The zero-order valence-electron chi connectivity index (χ0n) is 23.6. The van der Waals surface area contributed by atoms with E-state index in [1.165, 1.54) is 32.9 Å². The fourth-order valence-electron chi connectivity index (χ4n) is 6.35. The molecule has 0 aliphatic carbocycles. The molecule has 0 bridgehead atoms. The second-order valence-corrected chi connectivity index (χ2v) is 11.1. The number of fused-ring (bicyclic) bond motifs is 3. The third-order valence-corrected chi connectivity index (χ3v) is 8.40. The highest BCUT2D eigenvalue weighted by molar-refractivity contribution is 6.09. The van der Waals surface area contributed by atoms with Gasteiger partial charge < -0.3 is 4.57 Å². The maximum atomic E-state index is 9.30. The summed E-state index contributed by atoms with van der Waals surface area (Å²) >= 11 is 0. The zero-order chi connectivity index (χ0) is 28.8. The van der Waals surface area contributed by atoms with Crippen LogP contribution in [-0.2, 0) is 6.54 Å². The second kappa shape index (κ2) is 10.4. The van der Waals surface area contributed by atoms with E-state index >= 15 is 0 Å². The molecule has 1 fully saturated rings. The molecule has 43 heavy (non-hydrogen) atoms. The van der Waals surface area contributed by atoms with Crippen molar-refractivity contribution < 1.29 is 0 Å². The van der Waals surface area contributed by atoms with E-state index in [0.717, 1.165) is 22.4 Å². The van der Waals surface area contributed by atoms with Gasteiger partial charge in [0.15, 0.2) is 0 Å². The van der Waals surface area contributed by atoms with E-state index in [4.69, 9.17) is 0 Å². The number of nitrogens with one attached hydrogen (secondary N) is 1. The Morgan fingerprint density at radius 3 is 1.88 bits per heavy atom. The van der Waals surface area contributed by atoms with E-state index in [0.29, 0.717) is 12.4 Å². The van der Waals surface area contributed by atoms with Crippen molar-refractivity contribution in [2.75, 3.05) is 0 Å². The Labute approximate surface area is 251 Å². The fourth-order valence-corrected chi connectivity index (χ4v) is 6.35. The predicted molar refractivity (Wildman–Crippen MR) is 176 cm³/mol. The molecular weight excluding hydrogens is 524 g/mol. The maximum Gasteiger partial charge on any atom is 0.144 e. The second-order valence-electron chi connectivity index (χ2n) is 11.1. The number of amidine groups is 1. The molecule has 0 saturated carbocycles. The first-order valence-corrected chi connectivity index (χ1v) is 14.7. The number of benzene rings is 6. The van der Waals surface area contributed by atoms with Crippen LogP contribution in [0.25, 0.3) is 38.6 Å². The van der Waals surface area contributed by atoms with Crippen LogP contribution in [0.15, 0.2) is 158 Å². The van der Waals surface area contributed by atoms with Gasteiger partial charge in [-0.3, -0.25) is 10.4 Å². The number of aromatic nitrogens is 1. The van der Waals surface area contributed by atoms with Crippen LogP contribution in [0.3, 0.4) is 0 Å². The summed E-state index contributed by atoms with van der Waals surface area (Å²) in [7, 11) is 0. The molecule has 1 saturated heterocycles. The molecule has 0 spiro atoms. The molecular formula is C39H30N4. The van der Waals surface area contributed by atoms with Crippen LogP contribution in [0.1, 0.15) is 22.9 Å². The molecule has 2 atom stereocenters. The Morgan fingerprint density at radius 2 is 1.16 bits per heavy atom. The Bertz CT molecular complexity index is 2040. The summed E-state index contributed by atoms with van der Waals surface area (Å²) in [5.74, 6) is 0.505. The monoisotopic (exact) mass is 554 g/mol. The Morgan fingerprint density at radius 1 is 0.558 bits per heavy atom. The minimum absolute atomic E-state index is 0.00553. The van der Waals surface area contributed by atoms with Crippen LogP contribution in [-0.4, -0.2) is 20.4 Å². The third-order valence-electron chi connectivity index (χ3n) is 8.40. The molecule has 1 aliphatic rings. The summed E-state index contributed by atoms with van der Waals surface area (Å²) in [5.41, 5.74) is 9.12. The molecule has 7 aromatic rings. The molecule has 0 amide bonds. The van der Waals surface area contributed by atoms with Gasteiger partial charge in [0.25, 0.3) is 0 Å². The number of nitrogens with zero attached hydrogens (tertiary/aromatic N) is 3. The minimum atomic E-state index is 0.00553. The first-order chi connectivity index (χ1) is 21.3. The van der Waals surface area contributed by atoms with Crippen LogP contribution in [0.2, 0.25) is 0 Å². The molecule has 206 valence electrons. The summed E-state index contributed by atoms with van der Waals surface area (Å²) in [6.45, 7) is 0.700. The smallest absolute Gasteiger partial charge is 0.144 e. The standard InChI is InChI=1S/C39H30N4/c40-38(32-19-12-18-31(26-32)29-14-3-1-4-15-29)43-39(30-16-5-2-6-17-30)41(43)27-28-13-11-20-33(25-28)42-36-23-9-7-21-34(36)35-22-8-10-24-37(35)42/h1-26,39-40H,27H2/t39?,41-,43?/m0/s1. The van der Waals surface area contributed by atoms with Gasteiger partial charge in [-0.05, 0) is 52.6 Å². The highest BCUT2D eigenvalue weighted by Crippen LogP contribution is 2.44. The van der Waals surface area contributed by atoms with Gasteiger partial charge in [-0.15, -0.1) is 0 Å². The first-order valence-electron chi connectivity index (χ1n) is 14.7. The Kier molecular flexibility index (Phi) is 6.13. The number of rotatable bonds is 6. The summed E-state index contributed by atoms with van der Waals surface area (Å²) in [4.78, 5) is 0. The van der Waals surface area contributed by atoms with Crippen LogP contribution in [0, 0.1) is 5.41 Å². The van der Waals surface area contributed by atoms with E-state index < -0.39 is 0 Å². The minimum Gasteiger partial charge on any atom is -0.309 e. The topological polar surface area (TPSA) is 34.8 Å². The lowest BCUT2D eigenvalue weighted by atomic mass is 10.0. The van der Waals surface area contributed by atoms with Crippen LogP contribution < -0.4 is 0 Å². The van der Waals surface area contributed by atoms with Crippen LogP contribution in [0.5, 0.6) is 0 Å². The van der Waals surface area contributed by atoms with Crippen molar-refractivity contribution in [1.29, 1.82) is 5.41 Å². The summed E-state index contributed by atoms with van der Waals surface area (Å²) in [6.07, 6.45) is 0.00553. The fraction of sp³-hybridized carbons (Fsp3) is 0.0513. The third kappa shape index (κ3) is 4.49. The van der Waals surface area contributed by atoms with Gasteiger partial charge in [-0.1, -0.05) is 127 Å². The SMILES string of the molecule is N=C(c1cccc(-c2ccccc2)c1)N1C(c2ccccc2)[N@]1Cc1cccc(-n2c3ccccc3c3ccccc32)c1. The molecule has 1 aliphatic heterocycles.